The zero-order valence-corrected chi connectivity index (χ0v) is 13.8. The quantitative estimate of drug-likeness (QED) is 0.599. The first-order valence-electron chi connectivity index (χ1n) is 7.78. The van der Waals surface area contributed by atoms with Gasteiger partial charge >= 0.3 is 0 Å². The first kappa shape index (κ1) is 15.8. The number of rotatable bonds is 5. The minimum atomic E-state index is 0.661. The van der Waals surface area contributed by atoms with E-state index in [0.717, 1.165) is 34.7 Å². The minimum absolute atomic E-state index is 0.661. The molecule has 0 spiro atoms. The van der Waals surface area contributed by atoms with E-state index in [1.165, 1.54) is 0 Å². The maximum atomic E-state index is 10.9. The van der Waals surface area contributed by atoms with Gasteiger partial charge in [-0.3, -0.25) is 4.79 Å². The van der Waals surface area contributed by atoms with Gasteiger partial charge in [-0.05, 0) is 55.0 Å². The summed E-state index contributed by atoms with van der Waals surface area (Å²) in [5.74, 6) is 0.807. The maximum Gasteiger partial charge on any atom is 0.150 e. The van der Waals surface area contributed by atoms with Crippen molar-refractivity contribution in [1.82, 2.24) is 0 Å². The first-order valence-corrected chi connectivity index (χ1v) is 7.78. The van der Waals surface area contributed by atoms with Crippen LogP contribution in [0.5, 0.6) is 5.75 Å². The van der Waals surface area contributed by atoms with Crippen LogP contribution in [0.25, 0.3) is 0 Å². The summed E-state index contributed by atoms with van der Waals surface area (Å²) >= 11 is 0. The normalized spacial score (nSPS) is 10.2. The Hall–Kier alpha value is -3.07. The highest BCUT2D eigenvalue weighted by atomic mass is 16.5. The molecule has 3 rings (SSSR count). The van der Waals surface area contributed by atoms with E-state index in [4.69, 9.17) is 4.74 Å². The van der Waals surface area contributed by atoms with Gasteiger partial charge in [-0.2, -0.15) is 0 Å². The summed E-state index contributed by atoms with van der Waals surface area (Å²) in [6.45, 7) is 2.07. The van der Waals surface area contributed by atoms with Crippen molar-refractivity contribution in [3.8, 4) is 5.75 Å². The number of carbonyl (C=O) groups is 1. The molecule has 0 bridgehead atoms. The molecule has 3 heteroatoms. The summed E-state index contributed by atoms with van der Waals surface area (Å²) in [5.41, 5.74) is 4.88. The smallest absolute Gasteiger partial charge is 0.150 e. The van der Waals surface area contributed by atoms with Gasteiger partial charge < -0.3 is 9.64 Å². The molecule has 0 aromatic heterocycles. The van der Waals surface area contributed by atoms with E-state index in [1.807, 2.05) is 60.7 Å². The second-order valence-electron chi connectivity index (χ2n) is 5.53. The Balaban J connectivity index is 2.17. The van der Waals surface area contributed by atoms with Crippen molar-refractivity contribution < 1.29 is 9.53 Å². The van der Waals surface area contributed by atoms with Crippen LogP contribution in [0.4, 0.5) is 17.1 Å². The van der Waals surface area contributed by atoms with E-state index in [9.17, 15) is 4.79 Å². The van der Waals surface area contributed by atoms with Gasteiger partial charge in [-0.1, -0.05) is 24.3 Å². The van der Waals surface area contributed by atoms with E-state index >= 15 is 0 Å². The van der Waals surface area contributed by atoms with Crippen LogP contribution in [0, 0.1) is 6.92 Å². The first-order chi connectivity index (χ1) is 11.7. The number of aldehydes is 1. The van der Waals surface area contributed by atoms with Gasteiger partial charge in [-0.15, -0.1) is 0 Å². The molecular weight excluding hydrogens is 298 g/mol. The van der Waals surface area contributed by atoms with Crippen LogP contribution in [0.3, 0.4) is 0 Å². The molecule has 0 amide bonds. The standard InChI is InChI=1S/C21H19NO2/c1-16-8-13-20(24-2)14-21(16)22(18-6-4-3-5-7-18)19-11-9-17(15-23)10-12-19/h3-15H,1-2H3. The Labute approximate surface area is 142 Å². The lowest BCUT2D eigenvalue weighted by Gasteiger charge is -2.27. The summed E-state index contributed by atoms with van der Waals surface area (Å²) in [7, 11) is 1.67. The van der Waals surface area contributed by atoms with Crippen LogP contribution in [-0.4, -0.2) is 13.4 Å². The molecule has 3 nitrogen and oxygen atoms in total. The molecular formula is C21H19NO2. The van der Waals surface area contributed by atoms with Gasteiger partial charge in [0.15, 0.2) is 0 Å². The van der Waals surface area contributed by atoms with Crippen LogP contribution < -0.4 is 9.64 Å². The predicted molar refractivity (Wildman–Crippen MR) is 97.8 cm³/mol. The van der Waals surface area contributed by atoms with Crippen LogP contribution in [0.2, 0.25) is 0 Å². The van der Waals surface area contributed by atoms with Crippen LogP contribution in [0.15, 0.2) is 72.8 Å². The van der Waals surface area contributed by atoms with Crippen LogP contribution in [-0.2, 0) is 0 Å². The third-order valence-corrected chi connectivity index (χ3v) is 3.96. The molecule has 0 saturated carbocycles. The third-order valence-electron chi connectivity index (χ3n) is 3.96. The molecule has 3 aromatic rings. The lowest BCUT2D eigenvalue weighted by molar-refractivity contribution is 0.112. The van der Waals surface area contributed by atoms with Gasteiger partial charge in [0.2, 0.25) is 0 Å². The van der Waals surface area contributed by atoms with E-state index in [-0.39, 0.29) is 0 Å². The average Bonchev–Trinajstić information content (AvgIpc) is 2.65. The molecule has 24 heavy (non-hydrogen) atoms. The van der Waals surface area contributed by atoms with E-state index in [2.05, 4.69) is 24.0 Å². The fourth-order valence-electron chi connectivity index (χ4n) is 2.66. The summed E-state index contributed by atoms with van der Waals surface area (Å²) in [6.07, 6.45) is 0.855. The van der Waals surface area contributed by atoms with Gasteiger partial charge in [-0.25, -0.2) is 0 Å². The lowest BCUT2D eigenvalue weighted by Crippen LogP contribution is -2.11. The lowest BCUT2D eigenvalue weighted by atomic mass is 10.1. The second kappa shape index (κ2) is 7.01. The number of hydrogen-bond donors (Lipinski definition) is 0. The van der Waals surface area contributed by atoms with E-state index in [0.29, 0.717) is 5.56 Å². The molecule has 0 N–H and O–H groups in total. The predicted octanol–water partition coefficient (Wildman–Crippen LogP) is 5.29. The number of nitrogens with zero attached hydrogens (tertiary/aromatic N) is 1. The Kier molecular flexibility index (Phi) is 4.62. The summed E-state index contributed by atoms with van der Waals surface area (Å²) in [5, 5.41) is 0. The number of benzene rings is 3. The van der Waals surface area contributed by atoms with Crippen molar-refractivity contribution in [1.29, 1.82) is 0 Å². The van der Waals surface area contributed by atoms with Crippen molar-refractivity contribution in [2.45, 2.75) is 6.92 Å². The summed E-state index contributed by atoms with van der Waals surface area (Å²) < 4.78 is 5.40. The molecule has 0 aliphatic carbocycles. The Bertz CT molecular complexity index is 826. The SMILES string of the molecule is COc1ccc(C)c(N(c2ccccc2)c2ccc(C=O)cc2)c1. The molecule has 0 aliphatic rings. The highest BCUT2D eigenvalue weighted by molar-refractivity contribution is 5.81. The fraction of sp³-hybridized carbons (Fsp3) is 0.0952. The third kappa shape index (κ3) is 3.15. The average molecular weight is 317 g/mol. The van der Waals surface area contributed by atoms with Crippen molar-refractivity contribution in [3.63, 3.8) is 0 Å². The molecule has 0 saturated heterocycles. The van der Waals surface area contributed by atoms with Gasteiger partial charge in [0, 0.05) is 23.0 Å². The van der Waals surface area contributed by atoms with Gasteiger partial charge in [0.05, 0.1) is 12.8 Å². The zero-order chi connectivity index (χ0) is 16.9. The van der Waals surface area contributed by atoms with Gasteiger partial charge in [0.25, 0.3) is 0 Å². The number of methoxy groups -OCH3 is 1. The number of carbonyl (C=O) groups excluding carboxylic acids is 1. The van der Waals surface area contributed by atoms with E-state index < -0.39 is 0 Å². The van der Waals surface area contributed by atoms with Crippen molar-refractivity contribution in [2.24, 2.45) is 0 Å². The van der Waals surface area contributed by atoms with Crippen molar-refractivity contribution in [3.05, 3.63) is 83.9 Å². The molecule has 3 aromatic carbocycles. The van der Waals surface area contributed by atoms with Crippen LogP contribution >= 0.6 is 0 Å². The topological polar surface area (TPSA) is 29.5 Å². The molecule has 0 atom stereocenters. The Morgan fingerprint density at radius 1 is 0.875 bits per heavy atom. The largest absolute Gasteiger partial charge is 0.497 e. The van der Waals surface area contributed by atoms with E-state index in [1.54, 1.807) is 7.11 Å². The number of hydrogen-bond acceptors (Lipinski definition) is 3. The Morgan fingerprint density at radius 3 is 2.17 bits per heavy atom. The highest BCUT2D eigenvalue weighted by Crippen LogP contribution is 2.37. The molecule has 0 aliphatic heterocycles. The summed E-state index contributed by atoms with van der Waals surface area (Å²) in [4.78, 5) is 13.1. The molecule has 0 fully saturated rings. The molecule has 120 valence electrons. The number of ether oxygens (including phenoxy) is 1. The van der Waals surface area contributed by atoms with Crippen LogP contribution in [0.1, 0.15) is 15.9 Å². The fourth-order valence-corrected chi connectivity index (χ4v) is 2.66. The highest BCUT2D eigenvalue weighted by Gasteiger charge is 2.15. The molecule has 0 unspecified atom stereocenters. The molecule has 0 heterocycles. The summed E-state index contributed by atoms with van der Waals surface area (Å²) in [6, 6.07) is 23.7. The van der Waals surface area contributed by atoms with Crippen molar-refractivity contribution >= 4 is 23.3 Å². The number of anilines is 3. The van der Waals surface area contributed by atoms with Gasteiger partial charge in [0.1, 0.15) is 12.0 Å². The monoisotopic (exact) mass is 317 g/mol. The van der Waals surface area contributed by atoms with Crippen molar-refractivity contribution in [2.75, 3.05) is 12.0 Å². The Morgan fingerprint density at radius 2 is 1.54 bits per heavy atom. The minimum Gasteiger partial charge on any atom is -0.497 e. The second-order valence-corrected chi connectivity index (χ2v) is 5.53. The zero-order valence-electron chi connectivity index (χ0n) is 13.8. The maximum absolute atomic E-state index is 10.9. The number of aryl methyl sites for hydroxylation is 1. The molecule has 0 radical (unpaired) electrons. The number of para-hydroxylation sites is 1.